The van der Waals surface area contributed by atoms with Crippen molar-refractivity contribution in [3.05, 3.63) is 101 Å². The van der Waals surface area contributed by atoms with Crippen LogP contribution < -0.4 is 5.32 Å². The molecule has 1 heterocycles. The molecule has 0 saturated heterocycles. The fourth-order valence-electron chi connectivity index (χ4n) is 2.90. The molecule has 1 amide bonds. The molecular weight excluding hydrogens is 364 g/mol. The van der Waals surface area contributed by atoms with E-state index >= 15 is 0 Å². The minimum atomic E-state index is -0.0626. The largest absolute Gasteiger partial charge is 0.348 e. The third-order valence-electron chi connectivity index (χ3n) is 4.54. The van der Waals surface area contributed by atoms with Gasteiger partial charge >= 0.3 is 0 Å². The number of thiazole rings is 1. The lowest BCUT2D eigenvalue weighted by Crippen LogP contribution is -2.22. The van der Waals surface area contributed by atoms with E-state index in [0.717, 1.165) is 27.4 Å². The van der Waals surface area contributed by atoms with Gasteiger partial charge in [-0.15, -0.1) is 11.3 Å². The smallest absolute Gasteiger partial charge is 0.251 e. The number of aryl methyl sites for hydroxylation is 1. The summed E-state index contributed by atoms with van der Waals surface area (Å²) in [6.07, 6.45) is 0. The zero-order valence-electron chi connectivity index (χ0n) is 15.6. The molecule has 138 valence electrons. The number of carbonyl (C=O) groups excluding carboxylic acids is 1. The maximum absolute atomic E-state index is 12.1. The molecule has 3 aromatic carbocycles. The molecule has 0 aliphatic heterocycles. The normalized spacial score (nSPS) is 10.6. The minimum Gasteiger partial charge on any atom is -0.348 e. The lowest BCUT2D eigenvalue weighted by atomic mass is 10.1. The summed E-state index contributed by atoms with van der Waals surface area (Å²) in [6, 6.07) is 25.9. The number of nitrogens with zero attached hydrogens (tertiary/aromatic N) is 1. The number of rotatable bonds is 5. The molecule has 4 rings (SSSR count). The van der Waals surface area contributed by atoms with Gasteiger partial charge in [0.15, 0.2) is 0 Å². The quantitative estimate of drug-likeness (QED) is 0.478. The molecule has 0 aliphatic carbocycles. The Morgan fingerprint density at radius 2 is 1.57 bits per heavy atom. The van der Waals surface area contributed by atoms with Gasteiger partial charge in [0.25, 0.3) is 5.91 Å². The SMILES string of the molecule is Cc1ccc(-c2csc(-c3ccc(CNC(=O)c4ccccc4)cc3)n2)cc1. The summed E-state index contributed by atoms with van der Waals surface area (Å²) in [7, 11) is 0. The average molecular weight is 385 g/mol. The van der Waals surface area contributed by atoms with Gasteiger partial charge in [0.05, 0.1) is 5.69 Å². The first-order valence-corrected chi connectivity index (χ1v) is 10.0. The molecule has 0 radical (unpaired) electrons. The predicted molar refractivity (Wildman–Crippen MR) is 115 cm³/mol. The highest BCUT2D eigenvalue weighted by Crippen LogP contribution is 2.29. The first-order chi connectivity index (χ1) is 13.7. The van der Waals surface area contributed by atoms with Crippen LogP contribution in [0.3, 0.4) is 0 Å². The second-order valence-corrected chi connectivity index (χ2v) is 7.51. The minimum absolute atomic E-state index is 0.0626. The molecule has 1 aromatic heterocycles. The second-order valence-electron chi connectivity index (χ2n) is 6.65. The van der Waals surface area contributed by atoms with Crippen molar-refractivity contribution in [1.82, 2.24) is 10.3 Å². The van der Waals surface area contributed by atoms with Crippen LogP contribution in [0.2, 0.25) is 0 Å². The van der Waals surface area contributed by atoms with Crippen molar-refractivity contribution in [2.45, 2.75) is 13.5 Å². The Morgan fingerprint density at radius 3 is 2.29 bits per heavy atom. The number of benzene rings is 3. The molecular formula is C24H20N2OS. The molecule has 0 saturated carbocycles. The number of hydrogen-bond donors (Lipinski definition) is 1. The molecule has 3 nitrogen and oxygen atoms in total. The molecule has 0 aliphatic rings. The molecule has 0 spiro atoms. The van der Waals surface area contributed by atoms with Crippen molar-refractivity contribution in [2.75, 3.05) is 0 Å². The standard InChI is InChI=1S/C24H20N2OS/c1-17-7-11-19(12-8-17)22-16-28-24(26-22)21-13-9-18(10-14-21)15-25-23(27)20-5-3-2-4-6-20/h2-14,16H,15H2,1H3,(H,25,27). The maximum Gasteiger partial charge on any atom is 0.251 e. The van der Waals surface area contributed by atoms with Crippen LogP contribution in [0, 0.1) is 6.92 Å². The van der Waals surface area contributed by atoms with E-state index in [1.165, 1.54) is 5.56 Å². The monoisotopic (exact) mass is 384 g/mol. The number of aromatic nitrogens is 1. The third-order valence-corrected chi connectivity index (χ3v) is 5.43. The fourth-order valence-corrected chi connectivity index (χ4v) is 3.74. The van der Waals surface area contributed by atoms with Crippen molar-refractivity contribution < 1.29 is 4.79 Å². The van der Waals surface area contributed by atoms with E-state index in [1.54, 1.807) is 11.3 Å². The van der Waals surface area contributed by atoms with Crippen LogP contribution in [0.25, 0.3) is 21.8 Å². The molecule has 0 atom stereocenters. The van der Waals surface area contributed by atoms with Crippen molar-refractivity contribution in [3.63, 3.8) is 0 Å². The van der Waals surface area contributed by atoms with E-state index in [0.29, 0.717) is 12.1 Å². The Kier molecular flexibility index (Phi) is 5.31. The zero-order chi connectivity index (χ0) is 19.3. The Morgan fingerprint density at radius 1 is 0.893 bits per heavy atom. The summed E-state index contributed by atoms with van der Waals surface area (Å²) >= 11 is 1.64. The van der Waals surface area contributed by atoms with E-state index < -0.39 is 0 Å². The van der Waals surface area contributed by atoms with Crippen molar-refractivity contribution in [2.24, 2.45) is 0 Å². The lowest BCUT2D eigenvalue weighted by Gasteiger charge is -2.06. The van der Waals surface area contributed by atoms with Crippen LogP contribution in [0.4, 0.5) is 0 Å². The number of hydrogen-bond acceptors (Lipinski definition) is 3. The zero-order valence-corrected chi connectivity index (χ0v) is 16.4. The summed E-state index contributed by atoms with van der Waals surface area (Å²) < 4.78 is 0. The van der Waals surface area contributed by atoms with Gasteiger partial charge in [0.1, 0.15) is 5.01 Å². The second kappa shape index (κ2) is 8.19. The topological polar surface area (TPSA) is 42.0 Å². The average Bonchev–Trinajstić information content (AvgIpc) is 3.24. The van der Waals surface area contributed by atoms with Gasteiger partial charge < -0.3 is 5.32 Å². The highest BCUT2D eigenvalue weighted by Gasteiger charge is 2.08. The van der Waals surface area contributed by atoms with Gasteiger partial charge in [-0.3, -0.25) is 4.79 Å². The number of nitrogens with one attached hydrogen (secondary N) is 1. The van der Waals surface area contributed by atoms with Gasteiger partial charge in [-0.05, 0) is 24.6 Å². The molecule has 4 aromatic rings. The highest BCUT2D eigenvalue weighted by molar-refractivity contribution is 7.13. The van der Waals surface area contributed by atoms with E-state index in [4.69, 9.17) is 4.98 Å². The van der Waals surface area contributed by atoms with Gasteiger partial charge in [-0.2, -0.15) is 0 Å². The molecule has 4 heteroatoms. The number of carbonyl (C=O) groups is 1. The predicted octanol–water partition coefficient (Wildman–Crippen LogP) is 5.72. The van der Waals surface area contributed by atoms with E-state index in [-0.39, 0.29) is 5.91 Å². The van der Waals surface area contributed by atoms with E-state index in [2.05, 4.69) is 54.0 Å². The van der Waals surface area contributed by atoms with Crippen molar-refractivity contribution >= 4 is 17.2 Å². The fraction of sp³-hybridized carbons (Fsp3) is 0.0833. The van der Waals surface area contributed by atoms with Crippen molar-refractivity contribution in [3.8, 4) is 21.8 Å². The van der Waals surface area contributed by atoms with Crippen LogP contribution >= 0.6 is 11.3 Å². The summed E-state index contributed by atoms with van der Waals surface area (Å²) in [5, 5.41) is 6.04. The molecule has 28 heavy (non-hydrogen) atoms. The lowest BCUT2D eigenvalue weighted by molar-refractivity contribution is 0.0951. The summed E-state index contributed by atoms with van der Waals surface area (Å²) in [6.45, 7) is 2.58. The molecule has 1 N–H and O–H groups in total. The van der Waals surface area contributed by atoms with Gasteiger partial charge in [-0.1, -0.05) is 72.3 Å². The van der Waals surface area contributed by atoms with Gasteiger partial charge in [0, 0.05) is 28.6 Å². The van der Waals surface area contributed by atoms with E-state index in [9.17, 15) is 4.79 Å². The highest BCUT2D eigenvalue weighted by atomic mass is 32.1. The number of amides is 1. The Hall–Kier alpha value is -3.24. The van der Waals surface area contributed by atoms with E-state index in [1.807, 2.05) is 42.5 Å². The van der Waals surface area contributed by atoms with Crippen LogP contribution in [-0.2, 0) is 6.54 Å². The van der Waals surface area contributed by atoms with Crippen molar-refractivity contribution in [1.29, 1.82) is 0 Å². The summed E-state index contributed by atoms with van der Waals surface area (Å²) in [5.41, 5.74) is 6.19. The maximum atomic E-state index is 12.1. The first-order valence-electron chi connectivity index (χ1n) is 9.14. The summed E-state index contributed by atoms with van der Waals surface area (Å²) in [5.74, 6) is -0.0626. The third kappa shape index (κ3) is 4.18. The summed E-state index contributed by atoms with van der Waals surface area (Å²) in [4.78, 5) is 16.9. The van der Waals surface area contributed by atoms with Crippen LogP contribution in [0.1, 0.15) is 21.5 Å². The van der Waals surface area contributed by atoms with Gasteiger partial charge in [-0.25, -0.2) is 4.98 Å². The Labute approximate surface area is 168 Å². The first kappa shape index (κ1) is 18.1. The van der Waals surface area contributed by atoms with Gasteiger partial charge in [0.2, 0.25) is 0 Å². The van der Waals surface area contributed by atoms with Crippen LogP contribution in [0.15, 0.2) is 84.2 Å². The Balaban J connectivity index is 1.42. The Bertz CT molecular complexity index is 1070. The van der Waals surface area contributed by atoms with Crippen LogP contribution in [0.5, 0.6) is 0 Å². The molecule has 0 bridgehead atoms. The molecule has 0 unspecified atom stereocenters. The molecule has 0 fully saturated rings. The van der Waals surface area contributed by atoms with Crippen LogP contribution in [-0.4, -0.2) is 10.9 Å².